The zero-order chi connectivity index (χ0) is 21.6. The Bertz CT molecular complexity index is 837. The molecule has 0 bridgehead atoms. The summed E-state index contributed by atoms with van der Waals surface area (Å²) in [6.45, 7) is 11.6. The van der Waals surface area contributed by atoms with Gasteiger partial charge in [-0.3, -0.25) is 0 Å². The lowest BCUT2D eigenvalue weighted by molar-refractivity contribution is 0.0678. The van der Waals surface area contributed by atoms with E-state index in [4.69, 9.17) is 9.73 Å². The van der Waals surface area contributed by atoms with E-state index in [0.717, 1.165) is 31.9 Å². The number of nitrogens with one attached hydrogen (secondary N) is 1. The molecule has 1 heterocycles. The molecule has 0 saturated carbocycles. The fourth-order valence-electron chi connectivity index (χ4n) is 3.48. The van der Waals surface area contributed by atoms with Gasteiger partial charge >= 0.3 is 0 Å². The van der Waals surface area contributed by atoms with E-state index in [1.54, 1.807) is 6.07 Å². The van der Waals surface area contributed by atoms with Crippen LogP contribution in [0.25, 0.3) is 0 Å². The molecule has 0 radical (unpaired) electrons. The third-order valence-electron chi connectivity index (χ3n) is 5.46. The molecule has 0 spiro atoms. The third kappa shape index (κ3) is 6.23. The number of hydrogen-bond acceptors (Lipinski definition) is 3. The zero-order valence-corrected chi connectivity index (χ0v) is 18.7. The van der Waals surface area contributed by atoms with E-state index in [0.29, 0.717) is 18.9 Å². The molecule has 162 valence electrons. The first-order valence-electron chi connectivity index (χ1n) is 10.9. The number of phenolic OH excluding ortho intramolecular Hbond substituents is 1. The van der Waals surface area contributed by atoms with Crippen molar-refractivity contribution in [1.82, 2.24) is 4.90 Å². The molecule has 3 rings (SSSR count). The highest BCUT2D eigenvalue weighted by Crippen LogP contribution is 2.31. The number of hydrogen-bond donors (Lipinski definition) is 2. The molecule has 1 aliphatic rings. The molecular weight excluding hydrogens is 374 g/mol. The van der Waals surface area contributed by atoms with Gasteiger partial charge in [-0.05, 0) is 48.4 Å². The van der Waals surface area contributed by atoms with Crippen molar-refractivity contribution >= 4 is 11.6 Å². The molecule has 2 aromatic carbocycles. The highest BCUT2D eigenvalue weighted by Gasteiger charge is 2.20. The van der Waals surface area contributed by atoms with E-state index in [9.17, 15) is 5.11 Å². The molecule has 1 saturated heterocycles. The van der Waals surface area contributed by atoms with Gasteiger partial charge in [0.2, 0.25) is 0 Å². The molecule has 1 aliphatic heterocycles. The summed E-state index contributed by atoms with van der Waals surface area (Å²) in [7, 11) is 0. The number of rotatable bonds is 5. The Hall–Kier alpha value is -2.53. The number of morpholine rings is 1. The van der Waals surface area contributed by atoms with E-state index in [2.05, 4.69) is 62.2 Å². The standard InChI is InChI=1S/C25H35N3O2/c1-19(10-11-20-8-6-5-7-9-20)26-24(28-14-16-30-17-15-28)27-22-18-21(25(2,3)4)12-13-23(22)29/h5-9,12-13,18-19,29H,10-11,14-17H2,1-4H3,(H,26,27). The molecule has 2 N–H and O–H groups in total. The number of guanidine groups is 1. The number of aromatic hydroxyl groups is 1. The number of phenols is 1. The maximum atomic E-state index is 10.5. The molecule has 1 unspecified atom stereocenters. The third-order valence-corrected chi connectivity index (χ3v) is 5.46. The van der Waals surface area contributed by atoms with Crippen LogP contribution in [-0.4, -0.2) is 48.3 Å². The van der Waals surface area contributed by atoms with E-state index in [1.165, 1.54) is 11.1 Å². The molecule has 30 heavy (non-hydrogen) atoms. The minimum absolute atomic E-state index is 0.00335. The quantitative estimate of drug-likeness (QED) is 0.423. The summed E-state index contributed by atoms with van der Waals surface area (Å²) in [6.07, 6.45) is 1.96. The van der Waals surface area contributed by atoms with Crippen LogP contribution in [0.4, 0.5) is 5.69 Å². The lowest BCUT2D eigenvalue weighted by Gasteiger charge is -2.31. The Morgan fingerprint density at radius 2 is 1.83 bits per heavy atom. The Balaban J connectivity index is 1.79. The first-order chi connectivity index (χ1) is 14.3. The van der Waals surface area contributed by atoms with Gasteiger partial charge in [0.1, 0.15) is 5.75 Å². The number of aliphatic imine (C=N–C) groups is 1. The average molecular weight is 410 g/mol. The maximum Gasteiger partial charge on any atom is 0.198 e. The van der Waals surface area contributed by atoms with Crippen LogP contribution < -0.4 is 5.32 Å². The summed E-state index contributed by atoms with van der Waals surface area (Å²) in [6, 6.07) is 16.4. The Labute approximate surface area is 180 Å². The minimum atomic E-state index is 0.00335. The van der Waals surface area contributed by atoms with Gasteiger partial charge in [-0.15, -0.1) is 0 Å². The van der Waals surface area contributed by atoms with E-state index in [1.807, 2.05) is 18.2 Å². The van der Waals surface area contributed by atoms with Crippen LogP contribution >= 0.6 is 0 Å². The SMILES string of the molecule is CC(CCc1ccccc1)N=C(Nc1cc(C(C)(C)C)ccc1O)N1CCOCC1. The zero-order valence-electron chi connectivity index (χ0n) is 18.7. The predicted molar refractivity (Wildman–Crippen MR) is 124 cm³/mol. The van der Waals surface area contributed by atoms with Crippen molar-refractivity contribution in [2.75, 3.05) is 31.6 Å². The summed E-state index contributed by atoms with van der Waals surface area (Å²) in [5, 5.41) is 13.9. The van der Waals surface area contributed by atoms with Crippen molar-refractivity contribution in [3.63, 3.8) is 0 Å². The number of nitrogens with zero attached hydrogens (tertiary/aromatic N) is 2. The van der Waals surface area contributed by atoms with E-state index in [-0.39, 0.29) is 17.2 Å². The predicted octanol–water partition coefficient (Wildman–Crippen LogP) is 4.81. The Kier molecular flexibility index (Phi) is 7.38. The molecule has 1 fully saturated rings. The van der Waals surface area contributed by atoms with Gasteiger partial charge in [0.25, 0.3) is 0 Å². The Morgan fingerprint density at radius 3 is 2.50 bits per heavy atom. The van der Waals surface area contributed by atoms with E-state index < -0.39 is 0 Å². The minimum Gasteiger partial charge on any atom is -0.506 e. The monoisotopic (exact) mass is 409 g/mol. The second kappa shape index (κ2) is 9.98. The van der Waals surface area contributed by atoms with Crippen LogP contribution in [0.15, 0.2) is 53.5 Å². The number of aryl methyl sites for hydroxylation is 1. The van der Waals surface area contributed by atoms with Gasteiger partial charge < -0.3 is 20.1 Å². The number of ether oxygens (including phenoxy) is 1. The van der Waals surface area contributed by atoms with Gasteiger partial charge in [-0.1, -0.05) is 57.2 Å². The van der Waals surface area contributed by atoms with Gasteiger partial charge in [0.05, 0.1) is 24.9 Å². The summed E-state index contributed by atoms with van der Waals surface area (Å²) in [4.78, 5) is 7.22. The molecule has 0 aliphatic carbocycles. The van der Waals surface area contributed by atoms with Crippen LogP contribution in [0, 0.1) is 0 Å². The normalized spacial score (nSPS) is 16.4. The average Bonchev–Trinajstić information content (AvgIpc) is 2.74. The van der Waals surface area contributed by atoms with Crippen molar-refractivity contribution in [1.29, 1.82) is 0 Å². The smallest absolute Gasteiger partial charge is 0.198 e. The Morgan fingerprint density at radius 1 is 1.13 bits per heavy atom. The van der Waals surface area contributed by atoms with Gasteiger partial charge in [-0.25, -0.2) is 4.99 Å². The van der Waals surface area contributed by atoms with Crippen LogP contribution in [0.1, 0.15) is 45.2 Å². The second-order valence-corrected chi connectivity index (χ2v) is 9.03. The number of benzene rings is 2. The van der Waals surface area contributed by atoms with Crippen LogP contribution in [0.2, 0.25) is 0 Å². The van der Waals surface area contributed by atoms with Gasteiger partial charge in [0, 0.05) is 13.1 Å². The van der Waals surface area contributed by atoms with Crippen LogP contribution in [-0.2, 0) is 16.6 Å². The van der Waals surface area contributed by atoms with Gasteiger partial charge in [0.15, 0.2) is 5.96 Å². The van der Waals surface area contributed by atoms with Crippen molar-refractivity contribution in [3.05, 3.63) is 59.7 Å². The summed E-state index contributed by atoms with van der Waals surface area (Å²) in [5.41, 5.74) is 3.20. The van der Waals surface area contributed by atoms with Crippen molar-refractivity contribution < 1.29 is 9.84 Å². The van der Waals surface area contributed by atoms with Crippen LogP contribution in [0.3, 0.4) is 0 Å². The molecular formula is C25H35N3O2. The van der Waals surface area contributed by atoms with Crippen LogP contribution in [0.5, 0.6) is 5.75 Å². The molecule has 2 aromatic rings. The first kappa shape index (κ1) is 22.2. The first-order valence-corrected chi connectivity index (χ1v) is 10.9. The van der Waals surface area contributed by atoms with E-state index >= 15 is 0 Å². The molecule has 1 atom stereocenters. The second-order valence-electron chi connectivity index (χ2n) is 9.03. The highest BCUT2D eigenvalue weighted by molar-refractivity contribution is 5.95. The highest BCUT2D eigenvalue weighted by atomic mass is 16.5. The molecule has 5 heteroatoms. The van der Waals surface area contributed by atoms with Gasteiger partial charge in [-0.2, -0.15) is 0 Å². The molecule has 5 nitrogen and oxygen atoms in total. The lowest BCUT2D eigenvalue weighted by Crippen LogP contribution is -2.44. The topological polar surface area (TPSA) is 57.1 Å². The lowest BCUT2D eigenvalue weighted by atomic mass is 9.87. The summed E-state index contributed by atoms with van der Waals surface area (Å²) in [5.74, 6) is 1.04. The number of anilines is 1. The van der Waals surface area contributed by atoms with Crippen molar-refractivity contribution in [2.45, 2.75) is 52.0 Å². The molecule has 0 aromatic heterocycles. The fraction of sp³-hybridized carbons (Fsp3) is 0.480. The summed E-state index contributed by atoms with van der Waals surface area (Å²) < 4.78 is 5.52. The van der Waals surface area contributed by atoms with Crippen molar-refractivity contribution in [3.8, 4) is 5.75 Å². The largest absolute Gasteiger partial charge is 0.506 e. The fourth-order valence-corrected chi connectivity index (χ4v) is 3.48. The summed E-state index contributed by atoms with van der Waals surface area (Å²) >= 11 is 0. The maximum absolute atomic E-state index is 10.5. The van der Waals surface area contributed by atoms with Crippen molar-refractivity contribution in [2.24, 2.45) is 4.99 Å². The molecule has 0 amide bonds.